The normalized spacial score (nSPS) is 10.6. The van der Waals surface area contributed by atoms with Crippen molar-refractivity contribution in [2.24, 2.45) is 5.10 Å². The van der Waals surface area contributed by atoms with Crippen molar-refractivity contribution in [1.82, 2.24) is 5.43 Å². The van der Waals surface area contributed by atoms with Crippen molar-refractivity contribution in [3.63, 3.8) is 0 Å². The second kappa shape index (κ2) is 8.75. The molecule has 0 aliphatic rings. The van der Waals surface area contributed by atoms with Gasteiger partial charge in [0.05, 0.1) is 17.5 Å². The van der Waals surface area contributed by atoms with Crippen LogP contribution in [-0.2, 0) is 10.5 Å². The van der Waals surface area contributed by atoms with Gasteiger partial charge in [-0.2, -0.15) is 5.10 Å². The highest BCUT2D eigenvalue weighted by Gasteiger charge is 2.06. The molecule has 0 atom stereocenters. The molecule has 2 N–H and O–H groups in total. The average Bonchev–Trinajstić information content (AvgIpc) is 2.56. The van der Waals surface area contributed by atoms with E-state index >= 15 is 0 Å². The maximum absolute atomic E-state index is 11.7. The van der Waals surface area contributed by atoms with Crippen LogP contribution >= 0.6 is 11.8 Å². The molecule has 0 unspecified atom stereocenters. The molecule has 0 aromatic heterocycles. The first-order chi connectivity index (χ1) is 11.2. The number of nitrogens with one attached hydrogen (secondary N) is 1. The lowest BCUT2D eigenvalue weighted by Crippen LogP contribution is -2.20. The molecule has 2 aromatic rings. The van der Waals surface area contributed by atoms with Crippen LogP contribution in [0.25, 0.3) is 0 Å². The third-order valence-corrected chi connectivity index (χ3v) is 3.93. The van der Waals surface area contributed by atoms with E-state index in [1.54, 1.807) is 18.2 Å². The Labute approximate surface area is 138 Å². The van der Waals surface area contributed by atoms with Gasteiger partial charge in [-0.1, -0.05) is 48.5 Å². The van der Waals surface area contributed by atoms with Crippen LogP contribution in [-0.4, -0.2) is 29.0 Å². The first-order valence-corrected chi connectivity index (χ1v) is 8.08. The van der Waals surface area contributed by atoms with Crippen LogP contribution in [0.15, 0.2) is 59.7 Å². The van der Waals surface area contributed by atoms with E-state index < -0.39 is 5.97 Å². The Kier molecular flexibility index (Phi) is 6.38. The zero-order valence-corrected chi connectivity index (χ0v) is 13.1. The fourth-order valence-corrected chi connectivity index (χ4v) is 2.63. The van der Waals surface area contributed by atoms with E-state index in [0.717, 1.165) is 11.3 Å². The number of benzene rings is 2. The van der Waals surface area contributed by atoms with Gasteiger partial charge in [-0.05, 0) is 11.6 Å². The number of thioether (sulfide) groups is 1. The lowest BCUT2D eigenvalue weighted by atomic mass is 10.1. The topological polar surface area (TPSA) is 78.8 Å². The molecule has 0 aliphatic heterocycles. The Morgan fingerprint density at radius 3 is 2.52 bits per heavy atom. The summed E-state index contributed by atoms with van der Waals surface area (Å²) in [5.74, 6) is -0.223. The van der Waals surface area contributed by atoms with Crippen molar-refractivity contribution < 1.29 is 14.7 Å². The Bertz CT molecular complexity index is 702. The van der Waals surface area contributed by atoms with Crippen LogP contribution in [0, 0.1) is 0 Å². The van der Waals surface area contributed by atoms with Gasteiger partial charge in [0.2, 0.25) is 5.91 Å². The largest absolute Gasteiger partial charge is 0.478 e. The van der Waals surface area contributed by atoms with Gasteiger partial charge in [0, 0.05) is 11.3 Å². The van der Waals surface area contributed by atoms with E-state index in [9.17, 15) is 9.59 Å². The molecule has 0 spiro atoms. The van der Waals surface area contributed by atoms with Crippen LogP contribution in [0.4, 0.5) is 0 Å². The molecule has 0 saturated carbocycles. The lowest BCUT2D eigenvalue weighted by Gasteiger charge is -2.02. The van der Waals surface area contributed by atoms with Gasteiger partial charge in [-0.3, -0.25) is 4.79 Å². The Morgan fingerprint density at radius 2 is 1.78 bits per heavy atom. The van der Waals surface area contributed by atoms with Crippen molar-refractivity contribution in [2.45, 2.75) is 5.75 Å². The zero-order valence-electron chi connectivity index (χ0n) is 12.3. The van der Waals surface area contributed by atoms with Crippen molar-refractivity contribution in [3.8, 4) is 0 Å². The van der Waals surface area contributed by atoms with E-state index in [1.165, 1.54) is 24.0 Å². The molecule has 5 nitrogen and oxygen atoms in total. The smallest absolute Gasteiger partial charge is 0.336 e. The first-order valence-electron chi connectivity index (χ1n) is 6.92. The quantitative estimate of drug-likeness (QED) is 0.605. The molecule has 1 amide bonds. The fourth-order valence-electron chi connectivity index (χ4n) is 1.85. The maximum atomic E-state index is 11.7. The second-order valence-corrected chi connectivity index (χ2v) is 5.65. The summed E-state index contributed by atoms with van der Waals surface area (Å²) in [6.07, 6.45) is 1.34. The van der Waals surface area contributed by atoms with Crippen molar-refractivity contribution in [1.29, 1.82) is 0 Å². The summed E-state index contributed by atoms with van der Waals surface area (Å²) in [6.45, 7) is 0. The Hall–Kier alpha value is -2.60. The molecular formula is C17H16N2O3S. The maximum Gasteiger partial charge on any atom is 0.336 e. The number of nitrogens with zero attached hydrogens (tertiary/aromatic N) is 1. The number of aromatic carboxylic acids is 1. The predicted octanol–water partition coefficient (Wildman–Crippen LogP) is 2.77. The number of hydrogen-bond donors (Lipinski definition) is 2. The Balaban J connectivity index is 1.79. The lowest BCUT2D eigenvalue weighted by molar-refractivity contribution is -0.118. The minimum absolute atomic E-state index is 0.143. The van der Waals surface area contributed by atoms with Crippen LogP contribution in [0.3, 0.4) is 0 Å². The summed E-state index contributed by atoms with van der Waals surface area (Å²) in [4.78, 5) is 22.7. The standard InChI is InChI=1S/C17H16N2O3S/c20-16(12-23-11-13-6-2-1-3-7-13)19-18-10-14-8-4-5-9-15(14)17(21)22/h1-10H,11-12H2,(H,19,20)(H,21,22)/b18-10-. The van der Waals surface area contributed by atoms with Crippen LogP contribution < -0.4 is 5.43 Å². The number of hydrogen-bond acceptors (Lipinski definition) is 4. The number of rotatable bonds is 7. The summed E-state index contributed by atoms with van der Waals surface area (Å²) >= 11 is 1.49. The fraction of sp³-hybridized carbons (Fsp3) is 0.118. The summed E-state index contributed by atoms with van der Waals surface area (Å²) in [5.41, 5.74) is 4.14. The van der Waals surface area contributed by atoms with Crippen molar-refractivity contribution >= 4 is 29.9 Å². The molecule has 118 valence electrons. The van der Waals surface area contributed by atoms with E-state index in [1.807, 2.05) is 30.3 Å². The van der Waals surface area contributed by atoms with Crippen LogP contribution in [0.5, 0.6) is 0 Å². The third kappa shape index (κ3) is 5.60. The number of carbonyl (C=O) groups excluding carboxylic acids is 1. The average molecular weight is 328 g/mol. The number of hydrazone groups is 1. The molecular weight excluding hydrogens is 312 g/mol. The predicted molar refractivity (Wildman–Crippen MR) is 91.7 cm³/mol. The monoisotopic (exact) mass is 328 g/mol. The van der Waals surface area contributed by atoms with Crippen molar-refractivity contribution in [3.05, 3.63) is 71.3 Å². The molecule has 0 fully saturated rings. The van der Waals surface area contributed by atoms with Crippen LogP contribution in [0.1, 0.15) is 21.5 Å². The number of amides is 1. The second-order valence-electron chi connectivity index (χ2n) is 4.66. The minimum Gasteiger partial charge on any atom is -0.478 e. The van der Waals surface area contributed by atoms with E-state index in [4.69, 9.17) is 5.11 Å². The molecule has 0 bridgehead atoms. The molecule has 0 saturated heterocycles. The van der Waals surface area contributed by atoms with E-state index in [2.05, 4.69) is 10.5 Å². The zero-order chi connectivity index (χ0) is 16.5. The third-order valence-electron chi connectivity index (χ3n) is 2.93. The first kappa shape index (κ1) is 16.8. The number of carbonyl (C=O) groups is 2. The SMILES string of the molecule is O=C(CSCc1ccccc1)N/N=C\c1ccccc1C(=O)O. The minimum atomic E-state index is -1.03. The highest BCUT2D eigenvalue weighted by atomic mass is 32.2. The number of carboxylic acids is 1. The highest BCUT2D eigenvalue weighted by molar-refractivity contribution is 7.99. The van der Waals surface area contributed by atoms with Gasteiger partial charge in [-0.25, -0.2) is 10.2 Å². The van der Waals surface area contributed by atoms with Crippen molar-refractivity contribution in [2.75, 3.05) is 5.75 Å². The Morgan fingerprint density at radius 1 is 1.09 bits per heavy atom. The summed E-state index contributed by atoms with van der Waals surface area (Å²) in [5, 5.41) is 12.9. The van der Waals surface area contributed by atoms with Gasteiger partial charge in [0.15, 0.2) is 0 Å². The summed E-state index contributed by atoms with van der Waals surface area (Å²) in [6, 6.07) is 16.3. The molecule has 0 radical (unpaired) electrons. The van der Waals surface area contributed by atoms with Gasteiger partial charge in [-0.15, -0.1) is 11.8 Å². The molecule has 6 heteroatoms. The molecule has 23 heavy (non-hydrogen) atoms. The molecule has 0 aliphatic carbocycles. The molecule has 0 heterocycles. The molecule has 2 aromatic carbocycles. The van der Waals surface area contributed by atoms with E-state index in [-0.39, 0.29) is 17.2 Å². The number of carboxylic acid groups (broad SMARTS) is 1. The highest BCUT2D eigenvalue weighted by Crippen LogP contribution is 2.11. The molecule has 2 rings (SSSR count). The van der Waals surface area contributed by atoms with Gasteiger partial charge >= 0.3 is 5.97 Å². The van der Waals surface area contributed by atoms with Crippen LogP contribution in [0.2, 0.25) is 0 Å². The van der Waals surface area contributed by atoms with Gasteiger partial charge in [0.25, 0.3) is 0 Å². The summed E-state index contributed by atoms with van der Waals surface area (Å²) < 4.78 is 0. The van der Waals surface area contributed by atoms with E-state index in [0.29, 0.717) is 5.56 Å². The van der Waals surface area contributed by atoms with Gasteiger partial charge in [0.1, 0.15) is 0 Å². The van der Waals surface area contributed by atoms with Gasteiger partial charge < -0.3 is 5.11 Å². The summed E-state index contributed by atoms with van der Waals surface area (Å²) in [7, 11) is 0.